The van der Waals surface area contributed by atoms with Crippen LogP contribution in [-0.4, -0.2) is 6.71 Å². The van der Waals surface area contributed by atoms with Gasteiger partial charge < -0.3 is 9.80 Å². The highest BCUT2D eigenvalue weighted by molar-refractivity contribution is 7.00. The molecular weight excluding hydrogens is 868 g/mol. The van der Waals surface area contributed by atoms with Gasteiger partial charge in [0.05, 0.1) is 5.69 Å². The van der Waals surface area contributed by atoms with Gasteiger partial charge in [0, 0.05) is 34.0 Å². The number of aryl methyl sites for hydroxylation is 3. The van der Waals surface area contributed by atoms with Gasteiger partial charge in [-0.05, 0) is 249 Å². The summed E-state index contributed by atoms with van der Waals surface area (Å²) in [7, 11) is 0. The standard InChI is InChI=1S/C69H77BN2/c1-39-15-23-60-57(25-39)70-58-33-55-56(68(10,11)38-67(55,8)9)34-61(58)71(47-22-18-41-13-12-14-43(41)29-47)62-31-46(69-35-52-49-26-40-27-50(52)54(37-69)51(28-40)53(49)36-69)32-63(64(62)70)72(60)59-24-21-45(66(5,6)7)30-48(59)42-16-19-44(20-17-42)65(2,3)4/h15-25,29-34,40,49-54H,12-14,26-28,35-38H2,1-11H3/t40?,49-,50-,51?,52?,53?,54?,69-/m1/s1. The molecule has 0 saturated heterocycles. The average molecular weight is 945 g/mol. The third kappa shape index (κ3) is 6.09. The first-order valence-corrected chi connectivity index (χ1v) is 28.7. The van der Waals surface area contributed by atoms with Crippen LogP contribution in [-0.2, 0) is 39.9 Å². The van der Waals surface area contributed by atoms with Gasteiger partial charge in [0.2, 0.25) is 0 Å². The molecule has 2 nitrogen and oxygen atoms in total. The second kappa shape index (κ2) is 14.4. The van der Waals surface area contributed by atoms with E-state index in [0.717, 1.165) is 47.8 Å². The van der Waals surface area contributed by atoms with Crippen LogP contribution in [0.1, 0.15) is 165 Å². The van der Waals surface area contributed by atoms with Gasteiger partial charge in [0.25, 0.3) is 6.71 Å². The molecule has 0 spiro atoms. The minimum Gasteiger partial charge on any atom is -0.311 e. The minimum absolute atomic E-state index is 0.000340. The topological polar surface area (TPSA) is 6.48 Å². The summed E-state index contributed by atoms with van der Waals surface area (Å²) in [5.74, 6) is 6.66. The van der Waals surface area contributed by atoms with Crippen LogP contribution in [0.5, 0.6) is 0 Å². The first-order chi connectivity index (χ1) is 34.2. The molecule has 17 rings (SSSR count). The van der Waals surface area contributed by atoms with Crippen molar-refractivity contribution in [2.24, 2.45) is 41.4 Å². The maximum atomic E-state index is 2.84. The van der Waals surface area contributed by atoms with E-state index in [2.05, 4.69) is 189 Å². The first kappa shape index (κ1) is 44.5. The molecule has 0 N–H and O–H groups in total. The zero-order chi connectivity index (χ0) is 49.3. The van der Waals surface area contributed by atoms with Gasteiger partial charge >= 0.3 is 0 Å². The lowest BCUT2D eigenvalue weighted by Gasteiger charge is -2.72. The number of hydrogen-bond acceptors (Lipinski definition) is 2. The molecule has 6 aromatic rings. The van der Waals surface area contributed by atoms with Gasteiger partial charge in [0.15, 0.2) is 0 Å². The van der Waals surface area contributed by atoms with Crippen LogP contribution >= 0.6 is 0 Å². The van der Waals surface area contributed by atoms with Crippen LogP contribution in [0.2, 0.25) is 0 Å². The molecule has 7 fully saturated rings. The highest BCUT2D eigenvalue weighted by Crippen LogP contribution is 2.75. The molecule has 9 aliphatic carbocycles. The summed E-state index contributed by atoms with van der Waals surface area (Å²) in [6.07, 6.45) is 13.6. The molecule has 3 heteroatoms. The molecule has 0 atom stereocenters. The van der Waals surface area contributed by atoms with Crippen molar-refractivity contribution in [2.75, 3.05) is 9.80 Å². The molecule has 2 heterocycles. The number of nitrogens with zero attached hydrogens (tertiary/aromatic N) is 2. The summed E-state index contributed by atoms with van der Waals surface area (Å²) >= 11 is 0. The maximum Gasteiger partial charge on any atom is 0.252 e. The van der Waals surface area contributed by atoms with Gasteiger partial charge in [-0.2, -0.15) is 0 Å². The highest BCUT2D eigenvalue weighted by Gasteiger charge is 2.68. The molecule has 0 radical (unpaired) electrons. The Bertz CT molecular complexity index is 3250. The van der Waals surface area contributed by atoms with E-state index in [4.69, 9.17) is 0 Å². The molecule has 0 unspecified atom stereocenters. The zero-order valence-electron chi connectivity index (χ0n) is 45.4. The van der Waals surface area contributed by atoms with Crippen LogP contribution in [0.3, 0.4) is 0 Å². The Morgan fingerprint density at radius 3 is 1.75 bits per heavy atom. The largest absolute Gasteiger partial charge is 0.311 e. The van der Waals surface area contributed by atoms with Crippen LogP contribution in [0.15, 0.2) is 103 Å². The molecule has 366 valence electrons. The Labute approximate surface area is 432 Å². The number of hydrogen-bond donors (Lipinski definition) is 0. The van der Waals surface area contributed by atoms with Crippen molar-refractivity contribution in [3.05, 3.63) is 148 Å². The SMILES string of the molecule is Cc1ccc2c(c1)B1c3cc4c(cc3N(c3ccc5c(c3)CCC5)c3cc([C@]56CC7C8CC9C[C@@H]7C(C5)[C@@H](C9)C8C6)cc(c31)N2c1ccc(C(C)(C)C)cc1-c1ccc(C(C)(C)C)cc1)C(C)(C)CC4(C)C. The number of benzene rings is 6. The Balaban J connectivity index is 1.04. The fourth-order valence-corrected chi connectivity index (χ4v) is 19.0. The normalized spacial score (nSPS) is 29.1. The maximum absolute atomic E-state index is 2.84. The lowest BCUT2D eigenvalue weighted by molar-refractivity contribution is -0.212. The van der Waals surface area contributed by atoms with Gasteiger partial charge in [-0.1, -0.05) is 129 Å². The van der Waals surface area contributed by atoms with Gasteiger partial charge in [0.1, 0.15) is 0 Å². The quantitative estimate of drug-likeness (QED) is 0.162. The van der Waals surface area contributed by atoms with Gasteiger partial charge in [-0.15, -0.1) is 0 Å². The fraction of sp³-hybridized carbons (Fsp3) is 0.478. The molecule has 0 amide bonds. The second-order valence-electron chi connectivity index (χ2n) is 29.1. The van der Waals surface area contributed by atoms with Crippen molar-refractivity contribution in [3.8, 4) is 11.1 Å². The van der Waals surface area contributed by atoms with E-state index in [9.17, 15) is 0 Å². The summed E-state index contributed by atoms with van der Waals surface area (Å²) in [5, 5.41) is 0. The van der Waals surface area contributed by atoms with Crippen LogP contribution in [0.4, 0.5) is 34.1 Å². The Morgan fingerprint density at radius 2 is 1.10 bits per heavy atom. The number of anilines is 6. The Kier molecular flexibility index (Phi) is 8.91. The van der Waals surface area contributed by atoms with E-state index >= 15 is 0 Å². The van der Waals surface area contributed by atoms with E-state index in [1.165, 1.54) is 136 Å². The molecule has 72 heavy (non-hydrogen) atoms. The van der Waals surface area contributed by atoms with E-state index in [1.807, 2.05) is 0 Å². The van der Waals surface area contributed by atoms with E-state index in [-0.39, 0.29) is 33.8 Å². The Hall–Kier alpha value is -5.02. The molecule has 8 bridgehead atoms. The minimum atomic E-state index is -0.000340. The first-order valence-electron chi connectivity index (χ1n) is 28.7. The summed E-state index contributed by atoms with van der Waals surface area (Å²) in [4.78, 5) is 5.62. The van der Waals surface area contributed by atoms with E-state index in [0.29, 0.717) is 0 Å². The van der Waals surface area contributed by atoms with Crippen molar-refractivity contribution < 1.29 is 0 Å². The predicted molar refractivity (Wildman–Crippen MR) is 305 cm³/mol. The summed E-state index contributed by atoms with van der Waals surface area (Å²) in [6.45, 7) is 26.7. The zero-order valence-corrected chi connectivity index (χ0v) is 45.4. The molecule has 0 aromatic heterocycles. The second-order valence-corrected chi connectivity index (χ2v) is 29.1. The van der Waals surface area contributed by atoms with Crippen LogP contribution in [0.25, 0.3) is 11.1 Å². The molecule has 2 aliphatic heterocycles. The third-order valence-electron chi connectivity index (χ3n) is 21.8. The van der Waals surface area contributed by atoms with Crippen molar-refractivity contribution in [2.45, 2.75) is 167 Å². The van der Waals surface area contributed by atoms with Crippen molar-refractivity contribution >= 4 is 57.2 Å². The van der Waals surface area contributed by atoms with Crippen LogP contribution in [0, 0.1) is 48.3 Å². The van der Waals surface area contributed by atoms with Crippen LogP contribution < -0.4 is 26.2 Å². The third-order valence-corrected chi connectivity index (χ3v) is 21.8. The molecule has 6 aromatic carbocycles. The number of fused-ring (bicyclic) bond motifs is 6. The Morgan fingerprint density at radius 1 is 0.514 bits per heavy atom. The molecule has 11 aliphatic rings. The highest BCUT2D eigenvalue weighted by atomic mass is 15.2. The summed E-state index contributed by atoms with van der Waals surface area (Å²) < 4.78 is 0. The fourth-order valence-electron chi connectivity index (χ4n) is 19.0. The van der Waals surface area contributed by atoms with Gasteiger partial charge in [-0.25, -0.2) is 0 Å². The van der Waals surface area contributed by atoms with E-state index in [1.54, 1.807) is 27.8 Å². The van der Waals surface area contributed by atoms with E-state index < -0.39 is 0 Å². The molecular formula is C69H77BN2. The monoisotopic (exact) mass is 945 g/mol. The van der Waals surface area contributed by atoms with Crippen molar-refractivity contribution in [1.29, 1.82) is 0 Å². The van der Waals surface area contributed by atoms with Crippen molar-refractivity contribution in [1.82, 2.24) is 0 Å². The van der Waals surface area contributed by atoms with Gasteiger partial charge in [-0.3, -0.25) is 0 Å². The predicted octanol–water partition coefficient (Wildman–Crippen LogP) is 15.7. The van der Waals surface area contributed by atoms with Crippen molar-refractivity contribution in [3.63, 3.8) is 0 Å². The lowest BCUT2D eigenvalue weighted by atomic mass is 9.31. The summed E-state index contributed by atoms with van der Waals surface area (Å²) in [6, 6.07) is 43.4. The smallest absolute Gasteiger partial charge is 0.252 e. The summed E-state index contributed by atoms with van der Waals surface area (Å²) in [5.41, 5.74) is 27.7. The lowest BCUT2D eigenvalue weighted by Crippen LogP contribution is -2.66. The number of rotatable bonds is 4. The molecule has 7 saturated carbocycles. The average Bonchev–Trinajstić information content (AvgIpc) is 3.89.